The minimum Gasteiger partial charge on any atom is -0.467 e. The molecule has 0 N–H and O–H groups in total. The van der Waals surface area contributed by atoms with Crippen molar-refractivity contribution in [3.8, 4) is 0 Å². The molecule has 9 nitrogen and oxygen atoms in total. The van der Waals surface area contributed by atoms with Gasteiger partial charge in [-0.05, 0) is 25.8 Å². The molecule has 146 valence electrons. The molecule has 0 aliphatic carbocycles. The van der Waals surface area contributed by atoms with Gasteiger partial charge in [0.15, 0.2) is 11.8 Å². The Labute approximate surface area is 157 Å². The van der Waals surface area contributed by atoms with E-state index in [0.717, 1.165) is 0 Å². The van der Waals surface area contributed by atoms with Crippen molar-refractivity contribution in [2.24, 2.45) is 7.05 Å². The number of fused-ring (bicyclic) bond motifs is 2. The molecular weight excluding hydrogens is 372 g/mol. The number of ether oxygens (including phenoxy) is 2. The number of hydrogen-bond donors (Lipinski definition) is 0. The summed E-state index contributed by atoms with van der Waals surface area (Å²) in [6.07, 6.45) is 3.59. The average molecular weight is 394 g/mol. The van der Waals surface area contributed by atoms with Crippen molar-refractivity contribution in [3.63, 3.8) is 0 Å². The zero-order chi connectivity index (χ0) is 19.3. The van der Waals surface area contributed by atoms with Crippen LogP contribution in [0.1, 0.15) is 26.2 Å². The normalized spacial score (nSPS) is 29.0. The molecule has 10 heteroatoms. The van der Waals surface area contributed by atoms with Gasteiger partial charge in [-0.15, -0.1) is 0 Å². The van der Waals surface area contributed by atoms with Crippen molar-refractivity contribution in [3.05, 3.63) is 18.5 Å². The Morgan fingerprint density at radius 2 is 2.11 bits per heavy atom. The van der Waals surface area contributed by atoms with Crippen molar-refractivity contribution in [1.29, 1.82) is 0 Å². The van der Waals surface area contributed by atoms with E-state index in [1.807, 2.05) is 6.92 Å². The maximum Gasteiger partial charge on any atom is 0.335 e. The largest absolute Gasteiger partial charge is 0.467 e. The molecule has 2 aliphatic rings. The molecule has 2 aromatic rings. The average Bonchev–Trinajstić information content (AvgIpc) is 3.24. The van der Waals surface area contributed by atoms with Crippen LogP contribution in [0.3, 0.4) is 0 Å². The zero-order valence-electron chi connectivity index (χ0n) is 15.4. The van der Waals surface area contributed by atoms with Gasteiger partial charge in [0.2, 0.25) is 10.0 Å². The van der Waals surface area contributed by atoms with Gasteiger partial charge in [-0.2, -0.15) is 9.40 Å². The van der Waals surface area contributed by atoms with Gasteiger partial charge in [0.1, 0.15) is 4.90 Å². The van der Waals surface area contributed by atoms with Crippen molar-refractivity contribution >= 4 is 27.0 Å². The summed E-state index contributed by atoms with van der Waals surface area (Å²) in [7, 11) is -0.743. The Hall–Kier alpha value is -2.04. The fourth-order valence-corrected chi connectivity index (χ4v) is 5.96. The number of nitrogens with zero attached hydrogens (tertiary/aromatic N) is 4. The lowest BCUT2D eigenvalue weighted by atomic mass is 9.95. The SMILES string of the molecule is COC(=O)[C@@H]1C[C@@H]2[C@H](CC[C@@H](C)N2S(=O)(=O)c2cnc3c(cnn3C)c2)O1. The van der Waals surface area contributed by atoms with Crippen LogP contribution in [0.2, 0.25) is 0 Å². The number of aryl methyl sites for hydroxylation is 1. The van der Waals surface area contributed by atoms with Crippen LogP contribution in [-0.4, -0.2) is 64.9 Å². The van der Waals surface area contributed by atoms with Crippen LogP contribution in [0.5, 0.6) is 0 Å². The zero-order valence-corrected chi connectivity index (χ0v) is 16.2. The number of aromatic nitrogens is 3. The van der Waals surface area contributed by atoms with Crippen LogP contribution in [0, 0.1) is 0 Å². The molecule has 2 aromatic heterocycles. The molecule has 4 atom stereocenters. The number of rotatable bonds is 3. The second-order valence-electron chi connectivity index (χ2n) is 7.10. The fourth-order valence-electron chi connectivity index (χ4n) is 4.10. The molecule has 4 heterocycles. The van der Waals surface area contributed by atoms with Crippen LogP contribution in [-0.2, 0) is 31.3 Å². The Bertz CT molecular complexity index is 988. The third kappa shape index (κ3) is 2.91. The van der Waals surface area contributed by atoms with Crippen LogP contribution in [0.25, 0.3) is 11.0 Å². The molecule has 0 spiro atoms. The molecule has 0 aromatic carbocycles. The van der Waals surface area contributed by atoms with E-state index in [2.05, 4.69) is 10.1 Å². The fraction of sp³-hybridized carbons (Fsp3) is 0.588. The molecule has 2 saturated heterocycles. The summed E-state index contributed by atoms with van der Waals surface area (Å²) in [6, 6.07) is 1.00. The molecule has 0 saturated carbocycles. The number of carbonyl (C=O) groups is 1. The monoisotopic (exact) mass is 394 g/mol. The number of esters is 1. The van der Waals surface area contributed by atoms with Gasteiger partial charge in [-0.25, -0.2) is 18.2 Å². The first-order valence-corrected chi connectivity index (χ1v) is 10.3. The third-order valence-electron chi connectivity index (χ3n) is 5.44. The van der Waals surface area contributed by atoms with Gasteiger partial charge in [0.05, 0.1) is 25.5 Å². The number of piperidine rings is 1. The number of sulfonamides is 1. The maximum absolute atomic E-state index is 13.4. The highest BCUT2D eigenvalue weighted by atomic mass is 32.2. The highest BCUT2D eigenvalue weighted by Crippen LogP contribution is 2.38. The number of hydrogen-bond acceptors (Lipinski definition) is 7. The van der Waals surface area contributed by atoms with Gasteiger partial charge in [-0.1, -0.05) is 0 Å². The summed E-state index contributed by atoms with van der Waals surface area (Å²) in [6.45, 7) is 1.88. The van der Waals surface area contributed by atoms with E-state index in [1.165, 1.54) is 17.6 Å². The summed E-state index contributed by atoms with van der Waals surface area (Å²) in [5.41, 5.74) is 0.619. The van der Waals surface area contributed by atoms with E-state index in [-0.39, 0.29) is 17.0 Å². The Morgan fingerprint density at radius 1 is 1.33 bits per heavy atom. The minimum atomic E-state index is -3.80. The molecular formula is C17H22N4O5S. The first kappa shape index (κ1) is 18.3. The molecule has 0 radical (unpaired) electrons. The number of pyridine rings is 1. The first-order chi connectivity index (χ1) is 12.8. The molecule has 2 fully saturated rings. The van der Waals surface area contributed by atoms with Crippen molar-refractivity contribution in [2.75, 3.05) is 7.11 Å². The van der Waals surface area contributed by atoms with Gasteiger partial charge >= 0.3 is 5.97 Å². The lowest BCUT2D eigenvalue weighted by Crippen LogP contribution is -2.53. The standard InChI is InChI=1S/C17H22N4O5S/c1-10-4-5-14-13(7-15(26-14)17(22)25-3)21(10)27(23,24)12-6-11-8-19-20(2)16(11)18-9-12/h6,8-10,13-15H,4-5,7H2,1-3H3/t10-,13-,14+,15+/m1/s1. The van der Waals surface area contributed by atoms with Crippen molar-refractivity contribution in [2.45, 2.75) is 55.4 Å². The summed E-state index contributed by atoms with van der Waals surface area (Å²) in [4.78, 5) is 16.3. The van der Waals surface area contributed by atoms with Gasteiger partial charge in [-0.3, -0.25) is 4.68 Å². The van der Waals surface area contributed by atoms with E-state index < -0.39 is 28.1 Å². The number of methoxy groups -OCH3 is 1. The summed E-state index contributed by atoms with van der Waals surface area (Å²) < 4.78 is 40.5. The first-order valence-electron chi connectivity index (χ1n) is 8.87. The Kier molecular flexibility index (Phi) is 4.44. The van der Waals surface area contributed by atoms with Gasteiger partial charge in [0, 0.05) is 31.1 Å². The Morgan fingerprint density at radius 3 is 2.85 bits per heavy atom. The van der Waals surface area contributed by atoms with Gasteiger partial charge < -0.3 is 9.47 Å². The smallest absolute Gasteiger partial charge is 0.335 e. The van der Waals surface area contributed by atoms with Crippen LogP contribution < -0.4 is 0 Å². The Balaban J connectivity index is 1.71. The molecule has 27 heavy (non-hydrogen) atoms. The second-order valence-corrected chi connectivity index (χ2v) is 8.95. The minimum absolute atomic E-state index is 0.122. The van der Waals surface area contributed by atoms with E-state index >= 15 is 0 Å². The predicted octanol–water partition coefficient (Wildman–Crippen LogP) is 0.840. The van der Waals surface area contributed by atoms with Crippen molar-refractivity contribution < 1.29 is 22.7 Å². The van der Waals surface area contributed by atoms with Gasteiger partial charge in [0.25, 0.3) is 0 Å². The van der Waals surface area contributed by atoms with Crippen molar-refractivity contribution in [1.82, 2.24) is 19.1 Å². The highest BCUT2D eigenvalue weighted by Gasteiger charge is 2.50. The third-order valence-corrected chi connectivity index (χ3v) is 7.44. The quantitative estimate of drug-likeness (QED) is 0.711. The number of carbonyl (C=O) groups excluding carboxylic acids is 1. The van der Waals surface area contributed by atoms with Crippen LogP contribution in [0.15, 0.2) is 23.4 Å². The summed E-state index contributed by atoms with van der Waals surface area (Å²) in [5.74, 6) is -0.465. The lowest BCUT2D eigenvalue weighted by Gasteiger charge is -2.40. The maximum atomic E-state index is 13.4. The predicted molar refractivity (Wildman–Crippen MR) is 95.3 cm³/mol. The molecule has 4 rings (SSSR count). The van der Waals surface area contributed by atoms with E-state index in [4.69, 9.17) is 9.47 Å². The van der Waals surface area contributed by atoms with E-state index in [0.29, 0.717) is 30.3 Å². The molecule has 0 bridgehead atoms. The summed E-state index contributed by atoms with van der Waals surface area (Å²) in [5, 5.41) is 4.77. The van der Waals surface area contributed by atoms with E-state index in [9.17, 15) is 13.2 Å². The highest BCUT2D eigenvalue weighted by molar-refractivity contribution is 7.89. The molecule has 0 unspecified atom stereocenters. The summed E-state index contributed by atoms with van der Waals surface area (Å²) >= 11 is 0. The second kappa shape index (κ2) is 6.54. The van der Waals surface area contributed by atoms with Crippen LogP contribution >= 0.6 is 0 Å². The van der Waals surface area contributed by atoms with E-state index in [1.54, 1.807) is 24.0 Å². The lowest BCUT2D eigenvalue weighted by molar-refractivity contribution is -0.153. The molecule has 2 aliphatic heterocycles. The topological polar surface area (TPSA) is 104 Å². The molecule has 0 amide bonds. The van der Waals surface area contributed by atoms with Crippen LogP contribution in [0.4, 0.5) is 0 Å².